The summed E-state index contributed by atoms with van der Waals surface area (Å²) in [7, 11) is 1.67. The summed E-state index contributed by atoms with van der Waals surface area (Å²) in [5, 5.41) is 10.8. The Morgan fingerprint density at radius 2 is 2.44 bits per heavy atom. The number of hydrogen-bond acceptors (Lipinski definition) is 6. The minimum absolute atomic E-state index is 0.585. The maximum absolute atomic E-state index is 9.87. The van der Waals surface area contributed by atoms with Gasteiger partial charge in [-0.25, -0.2) is 4.98 Å². The molecule has 5 nitrogen and oxygen atoms in total. The van der Waals surface area contributed by atoms with E-state index in [4.69, 9.17) is 4.74 Å². The van der Waals surface area contributed by atoms with Crippen molar-refractivity contribution in [1.82, 2.24) is 9.36 Å². The van der Waals surface area contributed by atoms with Crippen LogP contribution in [-0.2, 0) is 11.2 Å². The standard InChI is InChI=1S/C10H17N3O2S/c1-10(14)4-5-13(7-10)9-11-8(12-16-9)3-6-15-2/h14H,3-7H2,1-2H3. The summed E-state index contributed by atoms with van der Waals surface area (Å²) in [6.07, 6.45) is 1.54. The normalized spacial score (nSPS) is 25.3. The highest BCUT2D eigenvalue weighted by Crippen LogP contribution is 2.27. The molecule has 0 radical (unpaired) electrons. The van der Waals surface area contributed by atoms with E-state index >= 15 is 0 Å². The molecule has 6 heteroatoms. The number of methoxy groups -OCH3 is 1. The summed E-state index contributed by atoms with van der Waals surface area (Å²) in [6, 6.07) is 0. The quantitative estimate of drug-likeness (QED) is 0.843. The van der Waals surface area contributed by atoms with Gasteiger partial charge in [0.25, 0.3) is 0 Å². The van der Waals surface area contributed by atoms with Gasteiger partial charge in [0.15, 0.2) is 0 Å². The highest BCUT2D eigenvalue weighted by Gasteiger charge is 2.32. The SMILES string of the molecule is COCCc1nsc(N2CCC(C)(O)C2)n1. The van der Waals surface area contributed by atoms with Gasteiger partial charge in [0.2, 0.25) is 5.13 Å². The highest BCUT2D eigenvalue weighted by molar-refractivity contribution is 7.09. The van der Waals surface area contributed by atoms with Gasteiger partial charge in [-0.3, -0.25) is 0 Å². The van der Waals surface area contributed by atoms with Gasteiger partial charge in [-0.2, -0.15) is 4.37 Å². The van der Waals surface area contributed by atoms with Crippen molar-refractivity contribution in [3.63, 3.8) is 0 Å². The Kier molecular flexibility index (Phi) is 3.41. The molecule has 1 atom stereocenters. The maximum Gasteiger partial charge on any atom is 0.205 e. The first-order valence-electron chi connectivity index (χ1n) is 5.39. The van der Waals surface area contributed by atoms with Gasteiger partial charge in [-0.1, -0.05) is 0 Å². The molecule has 1 unspecified atom stereocenters. The van der Waals surface area contributed by atoms with Gasteiger partial charge < -0.3 is 14.7 Å². The summed E-state index contributed by atoms with van der Waals surface area (Å²) in [6.45, 7) is 4.01. The molecule has 0 saturated carbocycles. The van der Waals surface area contributed by atoms with Crippen molar-refractivity contribution >= 4 is 16.7 Å². The van der Waals surface area contributed by atoms with Crippen LogP contribution in [0.4, 0.5) is 5.13 Å². The van der Waals surface area contributed by atoms with E-state index < -0.39 is 5.60 Å². The minimum Gasteiger partial charge on any atom is -0.388 e. The van der Waals surface area contributed by atoms with Crippen LogP contribution >= 0.6 is 11.5 Å². The first-order valence-corrected chi connectivity index (χ1v) is 6.17. The third kappa shape index (κ3) is 2.69. The molecular weight excluding hydrogens is 226 g/mol. The summed E-state index contributed by atoms with van der Waals surface area (Å²) in [5.74, 6) is 0.827. The van der Waals surface area contributed by atoms with Gasteiger partial charge >= 0.3 is 0 Å². The first-order chi connectivity index (χ1) is 7.61. The molecule has 1 N–H and O–H groups in total. The number of ether oxygens (including phenoxy) is 1. The van der Waals surface area contributed by atoms with Crippen LogP contribution in [0.1, 0.15) is 19.2 Å². The molecule has 1 saturated heterocycles. The Morgan fingerprint density at radius 1 is 1.62 bits per heavy atom. The smallest absolute Gasteiger partial charge is 0.205 e. The molecule has 0 amide bonds. The predicted octanol–water partition coefficient (Wildman–Crippen LogP) is 0.688. The summed E-state index contributed by atoms with van der Waals surface area (Å²) in [4.78, 5) is 6.53. The van der Waals surface area contributed by atoms with Crippen molar-refractivity contribution < 1.29 is 9.84 Å². The molecule has 1 aliphatic heterocycles. The zero-order valence-electron chi connectivity index (χ0n) is 9.64. The van der Waals surface area contributed by atoms with Crippen LogP contribution in [0.3, 0.4) is 0 Å². The molecule has 90 valence electrons. The zero-order valence-corrected chi connectivity index (χ0v) is 10.5. The molecule has 1 aromatic heterocycles. The lowest BCUT2D eigenvalue weighted by atomic mass is 10.1. The topological polar surface area (TPSA) is 58.5 Å². The number of hydrogen-bond donors (Lipinski definition) is 1. The van der Waals surface area contributed by atoms with E-state index in [0.717, 1.165) is 30.3 Å². The van der Waals surface area contributed by atoms with Crippen LogP contribution in [0.5, 0.6) is 0 Å². The van der Waals surface area contributed by atoms with Crippen molar-refractivity contribution in [2.45, 2.75) is 25.4 Å². The van der Waals surface area contributed by atoms with Gasteiger partial charge in [0, 0.05) is 38.2 Å². The number of rotatable bonds is 4. The second-order valence-electron chi connectivity index (χ2n) is 4.40. The van der Waals surface area contributed by atoms with Crippen molar-refractivity contribution in [3.8, 4) is 0 Å². The minimum atomic E-state index is -0.585. The van der Waals surface area contributed by atoms with E-state index in [1.165, 1.54) is 11.5 Å². The van der Waals surface area contributed by atoms with Crippen molar-refractivity contribution in [2.75, 3.05) is 31.7 Å². The molecule has 2 heterocycles. The lowest BCUT2D eigenvalue weighted by molar-refractivity contribution is 0.0839. The predicted molar refractivity (Wildman–Crippen MR) is 62.9 cm³/mol. The average molecular weight is 243 g/mol. The lowest BCUT2D eigenvalue weighted by Gasteiger charge is -2.17. The van der Waals surface area contributed by atoms with E-state index in [-0.39, 0.29) is 0 Å². The monoisotopic (exact) mass is 243 g/mol. The van der Waals surface area contributed by atoms with E-state index in [0.29, 0.717) is 13.2 Å². The second kappa shape index (κ2) is 4.65. The molecule has 0 bridgehead atoms. The Hall–Kier alpha value is -0.720. The maximum atomic E-state index is 9.87. The fraction of sp³-hybridized carbons (Fsp3) is 0.800. The Labute approximate surface area is 99.2 Å². The largest absolute Gasteiger partial charge is 0.388 e. The fourth-order valence-electron chi connectivity index (χ4n) is 1.78. The number of nitrogens with zero attached hydrogens (tertiary/aromatic N) is 3. The van der Waals surface area contributed by atoms with Crippen LogP contribution in [0.25, 0.3) is 0 Å². The number of aromatic nitrogens is 2. The van der Waals surface area contributed by atoms with Crippen LogP contribution in [0.2, 0.25) is 0 Å². The molecule has 1 aliphatic rings. The molecule has 2 rings (SSSR count). The summed E-state index contributed by atoms with van der Waals surface area (Å²) < 4.78 is 9.26. The van der Waals surface area contributed by atoms with Crippen LogP contribution in [0, 0.1) is 0 Å². The summed E-state index contributed by atoms with van der Waals surface area (Å²) in [5.41, 5.74) is -0.585. The zero-order chi connectivity index (χ0) is 11.6. The molecule has 1 aromatic rings. The van der Waals surface area contributed by atoms with E-state index in [1.54, 1.807) is 7.11 Å². The van der Waals surface area contributed by atoms with Crippen molar-refractivity contribution in [3.05, 3.63) is 5.82 Å². The van der Waals surface area contributed by atoms with Crippen LogP contribution in [0.15, 0.2) is 0 Å². The fourth-order valence-corrected chi connectivity index (χ4v) is 2.51. The van der Waals surface area contributed by atoms with Gasteiger partial charge in [-0.15, -0.1) is 0 Å². The first kappa shape index (κ1) is 11.8. The molecule has 0 spiro atoms. The lowest BCUT2D eigenvalue weighted by Crippen LogP contribution is -2.29. The molecule has 0 aliphatic carbocycles. The molecule has 16 heavy (non-hydrogen) atoms. The average Bonchev–Trinajstić information content (AvgIpc) is 2.81. The van der Waals surface area contributed by atoms with Crippen molar-refractivity contribution in [2.24, 2.45) is 0 Å². The summed E-state index contributed by atoms with van der Waals surface area (Å²) >= 11 is 1.40. The van der Waals surface area contributed by atoms with Crippen LogP contribution < -0.4 is 4.90 Å². The van der Waals surface area contributed by atoms with E-state index in [9.17, 15) is 5.11 Å². The van der Waals surface area contributed by atoms with Gasteiger partial charge in [-0.05, 0) is 13.3 Å². The number of β-amino-alcohol motifs (C(OH)–C–C–N with tert-alkyl or cyclic N) is 1. The third-order valence-corrected chi connectivity index (χ3v) is 3.52. The van der Waals surface area contributed by atoms with Gasteiger partial charge in [0.05, 0.1) is 12.2 Å². The second-order valence-corrected chi connectivity index (χ2v) is 5.13. The molecular formula is C10H17N3O2S. The van der Waals surface area contributed by atoms with Crippen molar-refractivity contribution in [1.29, 1.82) is 0 Å². The highest BCUT2D eigenvalue weighted by atomic mass is 32.1. The van der Waals surface area contributed by atoms with E-state index in [2.05, 4.69) is 14.3 Å². The number of anilines is 1. The molecule has 0 aromatic carbocycles. The van der Waals surface area contributed by atoms with Crippen LogP contribution in [-0.4, -0.2) is 46.9 Å². The van der Waals surface area contributed by atoms with Gasteiger partial charge in [0.1, 0.15) is 5.82 Å². The number of aliphatic hydroxyl groups is 1. The van der Waals surface area contributed by atoms with E-state index in [1.807, 2.05) is 6.92 Å². The molecule has 1 fully saturated rings. The Morgan fingerprint density at radius 3 is 3.06 bits per heavy atom. The third-order valence-electron chi connectivity index (χ3n) is 2.71. The Bertz CT molecular complexity index is 354. The Balaban J connectivity index is 1.97.